The topological polar surface area (TPSA) is 35.5 Å². The van der Waals surface area contributed by atoms with Crippen molar-refractivity contribution in [2.24, 2.45) is 0 Å². The summed E-state index contributed by atoms with van der Waals surface area (Å²) < 4.78 is 0. The van der Waals surface area contributed by atoms with E-state index in [0.717, 1.165) is 32.6 Å². The van der Waals surface area contributed by atoms with Crippen LogP contribution in [0.2, 0.25) is 0 Å². The predicted octanol–water partition coefficient (Wildman–Crippen LogP) is 3.15. The highest BCUT2D eigenvalue weighted by Gasteiger charge is 2.22. The molecule has 1 atom stereocenters. The van der Waals surface area contributed by atoms with E-state index in [9.17, 15) is 5.11 Å². The third kappa shape index (κ3) is 5.33. The number of phenolic OH excluding ortho intramolecular Hbond substituents is 1. The van der Waals surface area contributed by atoms with E-state index in [2.05, 4.69) is 29.8 Å². The number of hydrogen-bond donors (Lipinski definition) is 2. The Morgan fingerprint density at radius 3 is 2.55 bits per heavy atom. The lowest BCUT2D eigenvalue weighted by Gasteiger charge is -2.35. The van der Waals surface area contributed by atoms with Crippen molar-refractivity contribution < 1.29 is 5.11 Å². The van der Waals surface area contributed by atoms with Gasteiger partial charge in [-0.05, 0) is 31.0 Å². The molecule has 1 aliphatic heterocycles. The van der Waals surface area contributed by atoms with Crippen molar-refractivity contribution in [2.45, 2.75) is 19.4 Å². The average Bonchev–Trinajstić information content (AvgIpc) is 2.37. The summed E-state index contributed by atoms with van der Waals surface area (Å²) in [5.74, 6) is 0.342. The van der Waals surface area contributed by atoms with Crippen molar-refractivity contribution in [3.8, 4) is 5.75 Å². The lowest BCUT2D eigenvalue weighted by molar-refractivity contribution is 0.172. The molecule has 0 radical (unpaired) electrons. The van der Waals surface area contributed by atoms with Gasteiger partial charge in [-0.1, -0.05) is 17.7 Å². The van der Waals surface area contributed by atoms with Crippen LogP contribution in [0.25, 0.3) is 0 Å². The summed E-state index contributed by atoms with van der Waals surface area (Å²) in [6.07, 6.45) is 0.948. The van der Waals surface area contributed by atoms with Gasteiger partial charge < -0.3 is 10.4 Å². The fourth-order valence-corrected chi connectivity index (χ4v) is 2.51. The minimum absolute atomic E-state index is 0. The maximum Gasteiger partial charge on any atom is 0.115 e. The van der Waals surface area contributed by atoms with Gasteiger partial charge in [0.05, 0.1) is 0 Å². The van der Waals surface area contributed by atoms with Crippen molar-refractivity contribution in [1.82, 2.24) is 10.2 Å². The molecule has 2 N–H and O–H groups in total. The number of aromatic hydroxyl groups is 1. The van der Waals surface area contributed by atoms with Crippen molar-refractivity contribution >= 4 is 24.8 Å². The number of nitrogens with zero attached hydrogens (tertiary/aromatic N) is 1. The molecule has 3 nitrogen and oxygen atoms in total. The van der Waals surface area contributed by atoms with Crippen molar-refractivity contribution in [1.29, 1.82) is 0 Å². The zero-order valence-corrected chi connectivity index (χ0v) is 13.5. The van der Waals surface area contributed by atoms with Gasteiger partial charge in [0.15, 0.2) is 0 Å². The highest BCUT2D eigenvalue weighted by atomic mass is 35.5. The van der Waals surface area contributed by atoms with E-state index in [4.69, 9.17) is 0 Å². The smallest absolute Gasteiger partial charge is 0.115 e. The van der Waals surface area contributed by atoms with Crippen LogP contribution in [0.5, 0.6) is 5.75 Å². The van der Waals surface area contributed by atoms with E-state index in [1.807, 2.05) is 12.1 Å². The van der Waals surface area contributed by atoms with Gasteiger partial charge in [-0.15, -0.1) is 31.4 Å². The van der Waals surface area contributed by atoms with Crippen LogP contribution in [-0.4, -0.2) is 36.2 Å². The quantitative estimate of drug-likeness (QED) is 0.837. The summed E-state index contributed by atoms with van der Waals surface area (Å²) in [5, 5.41) is 13.0. The van der Waals surface area contributed by atoms with E-state index in [1.54, 1.807) is 6.07 Å². The van der Waals surface area contributed by atoms with Gasteiger partial charge in [-0.25, -0.2) is 0 Å². The molecule has 0 aromatic heterocycles. The summed E-state index contributed by atoms with van der Waals surface area (Å²) in [6.45, 7) is 10.3. The van der Waals surface area contributed by atoms with Crippen LogP contribution >= 0.6 is 24.8 Å². The molecule has 0 unspecified atom stereocenters. The lowest BCUT2D eigenvalue weighted by Crippen LogP contribution is -2.45. The summed E-state index contributed by atoms with van der Waals surface area (Å²) >= 11 is 0. The molecule has 5 heteroatoms. The van der Waals surface area contributed by atoms with Crippen LogP contribution in [0, 0.1) is 0 Å². The monoisotopic (exact) mass is 318 g/mol. The summed E-state index contributed by atoms with van der Waals surface area (Å²) in [5.41, 5.74) is 2.36. The number of nitrogens with one attached hydrogen (secondary N) is 1. The summed E-state index contributed by atoms with van der Waals surface area (Å²) in [6, 6.07) is 7.93. The molecule has 0 spiro atoms. The van der Waals surface area contributed by atoms with Crippen molar-refractivity contribution in [2.75, 3.05) is 26.2 Å². The first kappa shape index (κ1) is 19.3. The van der Waals surface area contributed by atoms with E-state index in [-0.39, 0.29) is 24.8 Å². The molecule has 1 aromatic rings. The highest BCUT2D eigenvalue weighted by Crippen LogP contribution is 2.29. The number of benzene rings is 1. The summed E-state index contributed by atoms with van der Waals surface area (Å²) in [4.78, 5) is 2.47. The zero-order chi connectivity index (χ0) is 13.0. The molecule has 2 rings (SSSR count). The first-order chi connectivity index (χ1) is 8.66. The Morgan fingerprint density at radius 1 is 1.35 bits per heavy atom. The van der Waals surface area contributed by atoms with Crippen molar-refractivity contribution in [3.05, 3.63) is 42.0 Å². The maximum atomic E-state index is 9.64. The molecular weight excluding hydrogens is 295 g/mol. The van der Waals surface area contributed by atoms with Gasteiger partial charge in [-0.3, -0.25) is 4.90 Å². The third-order valence-electron chi connectivity index (χ3n) is 3.39. The fourth-order valence-electron chi connectivity index (χ4n) is 2.51. The van der Waals surface area contributed by atoms with Gasteiger partial charge in [0.1, 0.15) is 5.75 Å². The van der Waals surface area contributed by atoms with Crippen LogP contribution in [-0.2, 0) is 0 Å². The Hall–Kier alpha value is -0.740. The lowest BCUT2D eigenvalue weighted by atomic mass is 9.98. The van der Waals surface area contributed by atoms with Crippen LogP contribution in [0.1, 0.15) is 24.9 Å². The molecule has 1 saturated heterocycles. The molecule has 1 heterocycles. The molecule has 0 bridgehead atoms. The number of phenols is 1. The fraction of sp³-hybridized carbons (Fsp3) is 0.467. The van der Waals surface area contributed by atoms with Crippen LogP contribution in [0.4, 0.5) is 0 Å². The van der Waals surface area contributed by atoms with E-state index in [1.165, 1.54) is 11.1 Å². The highest BCUT2D eigenvalue weighted by molar-refractivity contribution is 5.85. The zero-order valence-electron chi connectivity index (χ0n) is 11.8. The molecule has 0 saturated carbocycles. The normalized spacial score (nSPS) is 16.6. The second-order valence-electron chi connectivity index (χ2n) is 5.06. The Balaban J connectivity index is 0.00000180. The summed E-state index contributed by atoms with van der Waals surface area (Å²) in [7, 11) is 0. The second-order valence-corrected chi connectivity index (χ2v) is 5.06. The van der Waals surface area contributed by atoms with Gasteiger partial charge >= 0.3 is 0 Å². The van der Waals surface area contributed by atoms with Crippen LogP contribution in [0.3, 0.4) is 0 Å². The maximum absolute atomic E-state index is 9.64. The van der Waals surface area contributed by atoms with E-state index in [0.29, 0.717) is 11.8 Å². The standard InChI is InChI=1S/C15H22N2O.2ClH/c1-12(2)10-15(17-8-6-16-7-9-17)13-4-3-5-14(18)11-13;;/h3-5,11,15-16,18H,1,6-10H2,2H3;2*1H/t15-;;/m0../s1. The minimum atomic E-state index is 0. The molecule has 1 aliphatic rings. The average molecular weight is 319 g/mol. The number of piperazine rings is 1. The molecular formula is C15H24Cl2N2O. The first-order valence-corrected chi connectivity index (χ1v) is 6.55. The second kappa shape index (κ2) is 9.24. The number of halogens is 2. The predicted molar refractivity (Wildman–Crippen MR) is 89.2 cm³/mol. The molecule has 20 heavy (non-hydrogen) atoms. The number of hydrogen-bond acceptors (Lipinski definition) is 3. The SMILES string of the molecule is C=C(C)C[C@@H](c1cccc(O)c1)N1CCNCC1.Cl.Cl. The molecule has 1 fully saturated rings. The molecule has 114 valence electrons. The van der Waals surface area contributed by atoms with Gasteiger partial charge in [0.25, 0.3) is 0 Å². The van der Waals surface area contributed by atoms with Gasteiger partial charge in [-0.2, -0.15) is 0 Å². The van der Waals surface area contributed by atoms with Gasteiger partial charge in [0, 0.05) is 32.2 Å². The Kier molecular flexibility index (Phi) is 8.90. The van der Waals surface area contributed by atoms with Crippen molar-refractivity contribution in [3.63, 3.8) is 0 Å². The third-order valence-corrected chi connectivity index (χ3v) is 3.39. The van der Waals surface area contributed by atoms with E-state index >= 15 is 0 Å². The molecule has 1 aromatic carbocycles. The first-order valence-electron chi connectivity index (χ1n) is 6.55. The Labute approximate surface area is 133 Å². The molecule has 0 amide bonds. The Morgan fingerprint density at radius 2 is 2.00 bits per heavy atom. The van der Waals surface area contributed by atoms with Gasteiger partial charge in [0.2, 0.25) is 0 Å². The van der Waals surface area contributed by atoms with Crippen LogP contribution < -0.4 is 5.32 Å². The number of rotatable bonds is 4. The molecule has 0 aliphatic carbocycles. The minimum Gasteiger partial charge on any atom is -0.508 e. The van der Waals surface area contributed by atoms with E-state index < -0.39 is 0 Å². The largest absolute Gasteiger partial charge is 0.508 e. The Bertz CT molecular complexity index is 420. The van der Waals surface area contributed by atoms with Crippen LogP contribution in [0.15, 0.2) is 36.4 Å².